The number of rotatable bonds is 3. The number of hydrogen-bond acceptors (Lipinski definition) is 6. The van der Waals surface area contributed by atoms with Crippen LogP contribution in [-0.2, 0) is 20.7 Å². The minimum Gasteiger partial charge on any atom is -0.372 e. The van der Waals surface area contributed by atoms with E-state index < -0.39 is 0 Å². The van der Waals surface area contributed by atoms with Crippen LogP contribution in [0.2, 0.25) is 0 Å². The molecule has 4 atom stereocenters. The lowest BCUT2D eigenvalue weighted by atomic mass is 9.74. The maximum absolute atomic E-state index is 12.6. The maximum Gasteiger partial charge on any atom is 0.249 e. The Morgan fingerprint density at radius 3 is 2.71 bits per heavy atom. The summed E-state index contributed by atoms with van der Waals surface area (Å²) in [6, 6.07) is -0.0629. The van der Waals surface area contributed by atoms with Crippen LogP contribution in [0.4, 0.5) is 5.95 Å². The van der Waals surface area contributed by atoms with E-state index in [9.17, 15) is 4.79 Å². The van der Waals surface area contributed by atoms with Crippen LogP contribution >= 0.6 is 0 Å². The molecule has 1 aromatic heterocycles. The highest BCUT2D eigenvalue weighted by molar-refractivity contribution is 5.81. The molecule has 1 amide bonds. The Morgan fingerprint density at radius 2 is 2.04 bits per heavy atom. The number of hydrogen-bond donors (Lipinski definition) is 1. The fourth-order valence-corrected chi connectivity index (χ4v) is 4.71. The quantitative estimate of drug-likeness (QED) is 0.857. The summed E-state index contributed by atoms with van der Waals surface area (Å²) in [5.74, 6) is 0.758. The van der Waals surface area contributed by atoms with Gasteiger partial charge in [-0.3, -0.25) is 4.79 Å². The third kappa shape index (κ3) is 4.15. The zero-order valence-corrected chi connectivity index (χ0v) is 17.4. The molecule has 0 aromatic carbocycles. The van der Waals surface area contributed by atoms with Gasteiger partial charge in [0.1, 0.15) is 6.10 Å². The highest BCUT2D eigenvalue weighted by Crippen LogP contribution is 2.40. The Morgan fingerprint density at radius 1 is 1.29 bits per heavy atom. The second kappa shape index (κ2) is 7.59. The number of aromatic nitrogens is 2. The molecule has 0 radical (unpaired) electrons. The van der Waals surface area contributed by atoms with Crippen LogP contribution in [0.3, 0.4) is 0 Å². The standard InChI is InChI=1S/C21H32N4O3/c1-13-11-25(12-14(2)28-13)20-22-10-15-16(8-21(3,4)9-17(15)24-20)23-19(26)18-6-5-7-27-18/h10,13-14,16,18H,5-9,11-12H2,1-4H3,(H,23,26). The number of amides is 1. The molecule has 1 N–H and O–H groups in total. The number of nitrogens with zero attached hydrogens (tertiary/aromatic N) is 3. The second-order valence-electron chi connectivity index (χ2n) is 9.34. The van der Waals surface area contributed by atoms with Crippen LogP contribution in [0, 0.1) is 5.41 Å². The van der Waals surface area contributed by atoms with Gasteiger partial charge < -0.3 is 19.7 Å². The van der Waals surface area contributed by atoms with Gasteiger partial charge in [0.2, 0.25) is 11.9 Å². The number of ether oxygens (including phenoxy) is 2. The van der Waals surface area contributed by atoms with Crippen molar-refractivity contribution < 1.29 is 14.3 Å². The van der Waals surface area contributed by atoms with Gasteiger partial charge in [0, 0.05) is 31.5 Å². The molecule has 7 heteroatoms. The fourth-order valence-electron chi connectivity index (χ4n) is 4.71. The van der Waals surface area contributed by atoms with E-state index in [4.69, 9.17) is 14.5 Å². The highest BCUT2D eigenvalue weighted by atomic mass is 16.5. The number of carbonyl (C=O) groups is 1. The van der Waals surface area contributed by atoms with Crippen molar-refractivity contribution in [3.8, 4) is 0 Å². The second-order valence-corrected chi connectivity index (χ2v) is 9.34. The Labute approximate surface area is 167 Å². The molecule has 7 nitrogen and oxygen atoms in total. The monoisotopic (exact) mass is 388 g/mol. The molecule has 4 unspecified atom stereocenters. The van der Waals surface area contributed by atoms with Crippen LogP contribution in [0.1, 0.15) is 64.3 Å². The first-order chi connectivity index (χ1) is 13.3. The molecular weight excluding hydrogens is 356 g/mol. The van der Waals surface area contributed by atoms with Crippen molar-refractivity contribution in [2.24, 2.45) is 5.41 Å². The first-order valence-electron chi connectivity index (χ1n) is 10.5. The summed E-state index contributed by atoms with van der Waals surface area (Å²) < 4.78 is 11.4. The van der Waals surface area contributed by atoms with Gasteiger partial charge in [0.05, 0.1) is 23.9 Å². The van der Waals surface area contributed by atoms with Crippen molar-refractivity contribution in [2.75, 3.05) is 24.6 Å². The number of morpholine rings is 1. The van der Waals surface area contributed by atoms with Crippen LogP contribution in [0.25, 0.3) is 0 Å². The molecule has 2 saturated heterocycles. The zero-order valence-electron chi connectivity index (χ0n) is 17.4. The van der Waals surface area contributed by atoms with E-state index in [2.05, 4.69) is 42.9 Å². The van der Waals surface area contributed by atoms with Gasteiger partial charge in [-0.1, -0.05) is 13.8 Å². The predicted molar refractivity (Wildman–Crippen MR) is 106 cm³/mol. The van der Waals surface area contributed by atoms with Gasteiger partial charge in [-0.2, -0.15) is 0 Å². The summed E-state index contributed by atoms with van der Waals surface area (Å²) in [6.45, 7) is 10.9. The average Bonchev–Trinajstić information content (AvgIpc) is 3.14. The molecule has 154 valence electrons. The Kier molecular flexibility index (Phi) is 5.31. The molecule has 1 aromatic rings. The van der Waals surface area contributed by atoms with Crippen molar-refractivity contribution in [1.29, 1.82) is 0 Å². The topological polar surface area (TPSA) is 76.6 Å². The van der Waals surface area contributed by atoms with E-state index >= 15 is 0 Å². The van der Waals surface area contributed by atoms with Crippen LogP contribution < -0.4 is 10.2 Å². The van der Waals surface area contributed by atoms with Crippen LogP contribution in [-0.4, -0.2) is 53.9 Å². The Balaban J connectivity index is 1.56. The van der Waals surface area contributed by atoms with Gasteiger partial charge in [0.15, 0.2) is 0 Å². The van der Waals surface area contributed by atoms with E-state index in [1.54, 1.807) is 0 Å². The molecular formula is C21H32N4O3. The highest BCUT2D eigenvalue weighted by Gasteiger charge is 2.36. The molecule has 0 spiro atoms. The minimum atomic E-state index is -0.315. The predicted octanol–water partition coefficient (Wildman–Crippen LogP) is 2.40. The fraction of sp³-hybridized carbons (Fsp3) is 0.762. The summed E-state index contributed by atoms with van der Waals surface area (Å²) in [7, 11) is 0. The molecule has 0 saturated carbocycles. The van der Waals surface area contributed by atoms with Crippen LogP contribution in [0.15, 0.2) is 6.20 Å². The van der Waals surface area contributed by atoms with E-state index in [1.807, 2.05) is 6.20 Å². The summed E-state index contributed by atoms with van der Waals surface area (Å²) in [6.07, 6.45) is 5.46. The van der Waals surface area contributed by atoms with E-state index in [-0.39, 0.29) is 35.7 Å². The third-order valence-electron chi connectivity index (χ3n) is 5.91. The van der Waals surface area contributed by atoms with Crippen molar-refractivity contribution >= 4 is 11.9 Å². The van der Waals surface area contributed by atoms with Crippen molar-refractivity contribution in [2.45, 2.75) is 77.7 Å². The smallest absolute Gasteiger partial charge is 0.249 e. The Bertz CT molecular complexity index is 722. The molecule has 1 aliphatic carbocycles. The lowest BCUT2D eigenvalue weighted by Gasteiger charge is -2.38. The van der Waals surface area contributed by atoms with Crippen LogP contribution in [0.5, 0.6) is 0 Å². The lowest BCUT2D eigenvalue weighted by Crippen LogP contribution is -2.46. The molecule has 3 aliphatic rings. The first-order valence-corrected chi connectivity index (χ1v) is 10.5. The molecule has 2 aliphatic heterocycles. The average molecular weight is 389 g/mol. The van der Waals surface area contributed by atoms with Crippen molar-refractivity contribution in [3.63, 3.8) is 0 Å². The number of carbonyl (C=O) groups excluding carboxylic acids is 1. The summed E-state index contributed by atoms with van der Waals surface area (Å²) in [5.41, 5.74) is 2.16. The lowest BCUT2D eigenvalue weighted by molar-refractivity contribution is -0.131. The Hall–Kier alpha value is -1.73. The molecule has 4 rings (SSSR count). The maximum atomic E-state index is 12.6. The molecule has 0 bridgehead atoms. The van der Waals surface area contributed by atoms with E-state index in [1.165, 1.54) is 0 Å². The third-order valence-corrected chi connectivity index (χ3v) is 5.91. The largest absolute Gasteiger partial charge is 0.372 e. The summed E-state index contributed by atoms with van der Waals surface area (Å²) in [4.78, 5) is 24.4. The summed E-state index contributed by atoms with van der Waals surface area (Å²) in [5, 5.41) is 3.21. The van der Waals surface area contributed by atoms with Gasteiger partial charge in [-0.25, -0.2) is 9.97 Å². The van der Waals surface area contributed by atoms with Crippen molar-refractivity contribution in [1.82, 2.24) is 15.3 Å². The van der Waals surface area contributed by atoms with Gasteiger partial charge in [-0.15, -0.1) is 0 Å². The molecule has 3 heterocycles. The zero-order chi connectivity index (χ0) is 19.9. The number of fused-ring (bicyclic) bond motifs is 1. The van der Waals surface area contributed by atoms with Gasteiger partial charge >= 0.3 is 0 Å². The number of nitrogens with one attached hydrogen (secondary N) is 1. The molecule has 2 fully saturated rings. The minimum absolute atomic E-state index is 0.00828. The first kappa shape index (κ1) is 19.6. The SMILES string of the molecule is CC1CN(c2ncc3c(n2)CC(C)(C)CC3NC(=O)C2CCCO2)CC(C)O1. The normalized spacial score (nSPS) is 32.1. The van der Waals surface area contributed by atoms with Gasteiger partial charge in [0.25, 0.3) is 0 Å². The van der Waals surface area contributed by atoms with Gasteiger partial charge in [-0.05, 0) is 44.9 Å². The molecule has 28 heavy (non-hydrogen) atoms. The van der Waals surface area contributed by atoms with E-state index in [0.29, 0.717) is 6.61 Å². The van der Waals surface area contributed by atoms with Crippen molar-refractivity contribution in [3.05, 3.63) is 17.5 Å². The number of anilines is 1. The summed E-state index contributed by atoms with van der Waals surface area (Å²) >= 11 is 0. The van der Waals surface area contributed by atoms with E-state index in [0.717, 1.165) is 56.0 Å².